The van der Waals surface area contributed by atoms with E-state index in [0.29, 0.717) is 34.9 Å². The lowest BCUT2D eigenvalue weighted by atomic mass is 9.92. The molecule has 0 atom stereocenters. The molecule has 0 spiro atoms. The van der Waals surface area contributed by atoms with E-state index in [1.165, 1.54) is 12.1 Å². The summed E-state index contributed by atoms with van der Waals surface area (Å²) in [6.45, 7) is 9.23. The molecule has 1 amide bonds. The molecule has 0 aliphatic rings. The number of nitrogens with zero attached hydrogens (tertiary/aromatic N) is 3. The molecule has 2 heterocycles. The van der Waals surface area contributed by atoms with Crippen molar-refractivity contribution in [2.45, 2.75) is 46.6 Å². The smallest absolute Gasteiger partial charge is 0.227 e. The number of carbonyl (C=O) groups excluding carboxylic acids is 1. The van der Waals surface area contributed by atoms with Gasteiger partial charge in [-0.2, -0.15) is 0 Å². The molecule has 0 unspecified atom stereocenters. The molecule has 0 saturated carbocycles. The van der Waals surface area contributed by atoms with Crippen LogP contribution in [-0.4, -0.2) is 25.5 Å². The molecule has 2 N–H and O–H groups in total. The topological polar surface area (TPSA) is 80.0 Å². The third kappa shape index (κ3) is 4.36. The number of hydrogen-bond donors (Lipinski definition) is 2. The lowest BCUT2D eigenvalue weighted by Gasteiger charge is -2.18. The van der Waals surface area contributed by atoms with Gasteiger partial charge in [0.25, 0.3) is 0 Å². The van der Waals surface area contributed by atoms with E-state index >= 15 is 0 Å². The van der Waals surface area contributed by atoms with Crippen LogP contribution in [0.3, 0.4) is 0 Å². The van der Waals surface area contributed by atoms with Gasteiger partial charge in [0.05, 0.1) is 11.4 Å². The zero-order chi connectivity index (χ0) is 20.7. The van der Waals surface area contributed by atoms with Crippen LogP contribution in [0.2, 0.25) is 0 Å². The van der Waals surface area contributed by atoms with Crippen molar-refractivity contribution in [3.05, 3.63) is 47.9 Å². The molecule has 3 rings (SSSR count). The summed E-state index contributed by atoms with van der Waals surface area (Å²) in [4.78, 5) is 21.5. The number of imidazole rings is 1. The predicted molar refractivity (Wildman–Crippen MR) is 107 cm³/mol. The standard InChI is InChI=1S/C21H25FN4O2/c1-20(2,3)12-17(27)25-19-23-15-10-11-16(21(4,5)28)24-18(15)26(19)14-8-6-13(22)7-9-14/h6-11,28H,12H2,1-5H3,(H,23,25,27). The molecule has 7 heteroatoms. The van der Waals surface area contributed by atoms with Gasteiger partial charge >= 0.3 is 0 Å². The van der Waals surface area contributed by atoms with E-state index in [9.17, 15) is 14.3 Å². The molecule has 1 aromatic carbocycles. The minimum Gasteiger partial charge on any atom is -0.384 e. The zero-order valence-corrected chi connectivity index (χ0v) is 16.7. The highest BCUT2D eigenvalue weighted by atomic mass is 19.1. The second-order valence-corrected chi connectivity index (χ2v) is 8.63. The van der Waals surface area contributed by atoms with Crippen molar-refractivity contribution < 1.29 is 14.3 Å². The summed E-state index contributed by atoms with van der Waals surface area (Å²) in [6.07, 6.45) is 0.321. The van der Waals surface area contributed by atoms with Crippen LogP contribution in [-0.2, 0) is 10.4 Å². The molecule has 0 saturated heterocycles. The minimum atomic E-state index is -1.14. The monoisotopic (exact) mass is 384 g/mol. The highest BCUT2D eigenvalue weighted by molar-refractivity contribution is 5.92. The maximum Gasteiger partial charge on any atom is 0.227 e. The van der Waals surface area contributed by atoms with Crippen molar-refractivity contribution >= 4 is 23.0 Å². The Kier molecular flexibility index (Phi) is 4.97. The first-order chi connectivity index (χ1) is 12.9. The number of fused-ring (bicyclic) bond motifs is 1. The molecular weight excluding hydrogens is 359 g/mol. The van der Waals surface area contributed by atoms with Crippen molar-refractivity contribution in [1.29, 1.82) is 0 Å². The quantitative estimate of drug-likeness (QED) is 0.708. The average Bonchev–Trinajstić information content (AvgIpc) is 2.89. The number of halogens is 1. The normalized spacial score (nSPS) is 12.4. The highest BCUT2D eigenvalue weighted by Gasteiger charge is 2.23. The number of anilines is 1. The van der Waals surface area contributed by atoms with Crippen molar-refractivity contribution in [2.24, 2.45) is 5.41 Å². The lowest BCUT2D eigenvalue weighted by Crippen LogP contribution is -2.21. The average molecular weight is 384 g/mol. The summed E-state index contributed by atoms with van der Waals surface area (Å²) in [5.74, 6) is -0.234. The van der Waals surface area contributed by atoms with E-state index in [-0.39, 0.29) is 17.1 Å². The summed E-state index contributed by atoms with van der Waals surface area (Å²) < 4.78 is 15.1. The fraction of sp³-hybridized carbons (Fsp3) is 0.381. The summed E-state index contributed by atoms with van der Waals surface area (Å²) in [5.41, 5.74) is 0.789. The number of aromatic nitrogens is 3. The Hall–Kier alpha value is -2.80. The molecule has 0 aliphatic carbocycles. The minimum absolute atomic E-state index is 0.172. The first-order valence-electron chi connectivity index (χ1n) is 9.12. The Labute approximate surface area is 163 Å². The molecule has 0 bridgehead atoms. The lowest BCUT2D eigenvalue weighted by molar-refractivity contribution is -0.117. The molecule has 148 valence electrons. The van der Waals surface area contributed by atoms with Crippen LogP contribution in [0.25, 0.3) is 16.9 Å². The van der Waals surface area contributed by atoms with Gasteiger partial charge in [0.15, 0.2) is 5.65 Å². The van der Waals surface area contributed by atoms with Crippen molar-refractivity contribution in [3.8, 4) is 5.69 Å². The Balaban J connectivity index is 2.15. The number of hydrogen-bond acceptors (Lipinski definition) is 4. The van der Waals surface area contributed by atoms with E-state index in [1.54, 1.807) is 42.7 Å². The van der Waals surface area contributed by atoms with Crippen LogP contribution in [0, 0.1) is 11.2 Å². The molecule has 2 aromatic heterocycles. The van der Waals surface area contributed by atoms with Crippen LogP contribution in [0.15, 0.2) is 36.4 Å². The third-order valence-corrected chi connectivity index (χ3v) is 4.16. The van der Waals surface area contributed by atoms with E-state index in [1.807, 2.05) is 20.8 Å². The second kappa shape index (κ2) is 6.98. The van der Waals surface area contributed by atoms with Crippen molar-refractivity contribution in [1.82, 2.24) is 14.5 Å². The summed E-state index contributed by atoms with van der Waals surface area (Å²) in [7, 11) is 0. The number of pyridine rings is 1. The number of amides is 1. The molecule has 28 heavy (non-hydrogen) atoms. The molecule has 3 aromatic rings. The van der Waals surface area contributed by atoms with Gasteiger partial charge in [0, 0.05) is 6.42 Å². The van der Waals surface area contributed by atoms with Gasteiger partial charge in [0.2, 0.25) is 11.9 Å². The fourth-order valence-corrected chi connectivity index (χ4v) is 2.87. The molecular formula is C21H25FN4O2. The van der Waals surface area contributed by atoms with E-state index in [0.717, 1.165) is 0 Å². The van der Waals surface area contributed by atoms with Gasteiger partial charge in [-0.1, -0.05) is 20.8 Å². The Bertz CT molecular complexity index is 1010. The largest absolute Gasteiger partial charge is 0.384 e. The number of nitrogens with one attached hydrogen (secondary N) is 1. The maximum absolute atomic E-state index is 13.4. The van der Waals surface area contributed by atoms with E-state index < -0.39 is 5.60 Å². The first-order valence-corrected chi connectivity index (χ1v) is 9.12. The highest BCUT2D eigenvalue weighted by Crippen LogP contribution is 2.27. The Morgan fingerprint density at radius 1 is 1.07 bits per heavy atom. The fourth-order valence-electron chi connectivity index (χ4n) is 2.87. The molecule has 0 fully saturated rings. The van der Waals surface area contributed by atoms with Gasteiger partial charge in [-0.25, -0.2) is 14.4 Å². The van der Waals surface area contributed by atoms with Gasteiger partial charge in [-0.15, -0.1) is 0 Å². The van der Waals surface area contributed by atoms with E-state index in [4.69, 9.17) is 0 Å². The second-order valence-electron chi connectivity index (χ2n) is 8.63. The van der Waals surface area contributed by atoms with Crippen LogP contribution < -0.4 is 5.32 Å². The Morgan fingerprint density at radius 2 is 1.71 bits per heavy atom. The molecule has 0 aliphatic heterocycles. The zero-order valence-electron chi connectivity index (χ0n) is 16.7. The van der Waals surface area contributed by atoms with E-state index in [2.05, 4.69) is 15.3 Å². The first kappa shape index (κ1) is 19.9. The Morgan fingerprint density at radius 3 is 2.29 bits per heavy atom. The van der Waals surface area contributed by atoms with Crippen molar-refractivity contribution in [3.63, 3.8) is 0 Å². The molecule has 6 nitrogen and oxygen atoms in total. The molecule has 0 radical (unpaired) electrons. The van der Waals surface area contributed by atoms with Gasteiger partial charge in [0.1, 0.15) is 16.9 Å². The predicted octanol–water partition coefficient (Wildman–Crippen LogP) is 4.16. The summed E-state index contributed by atoms with van der Waals surface area (Å²) in [5, 5.41) is 13.2. The number of carbonyl (C=O) groups is 1. The summed E-state index contributed by atoms with van der Waals surface area (Å²) in [6, 6.07) is 9.30. The van der Waals surface area contributed by atoms with Gasteiger partial charge in [-0.05, 0) is 55.7 Å². The third-order valence-electron chi connectivity index (χ3n) is 4.16. The van der Waals surface area contributed by atoms with Gasteiger partial charge in [-0.3, -0.25) is 14.7 Å². The SMILES string of the molecule is CC(C)(C)CC(=O)Nc1nc2ccc(C(C)(C)O)nc2n1-c1ccc(F)cc1. The van der Waals surface area contributed by atoms with Crippen molar-refractivity contribution in [2.75, 3.05) is 5.32 Å². The van der Waals surface area contributed by atoms with Gasteiger partial charge < -0.3 is 5.11 Å². The van der Waals surface area contributed by atoms with Crippen LogP contribution in [0.5, 0.6) is 0 Å². The maximum atomic E-state index is 13.4. The van der Waals surface area contributed by atoms with Crippen LogP contribution in [0.1, 0.15) is 46.7 Å². The summed E-state index contributed by atoms with van der Waals surface area (Å²) >= 11 is 0. The number of rotatable bonds is 4. The number of aliphatic hydroxyl groups is 1. The van der Waals surface area contributed by atoms with Crippen LogP contribution in [0.4, 0.5) is 10.3 Å². The number of benzene rings is 1. The van der Waals surface area contributed by atoms with Crippen LogP contribution >= 0.6 is 0 Å².